The van der Waals surface area contributed by atoms with Gasteiger partial charge in [0.2, 0.25) is 5.91 Å². The maximum Gasteiger partial charge on any atom is 0.251 e. The highest BCUT2D eigenvalue weighted by Gasteiger charge is 2.31. The second-order valence-corrected chi connectivity index (χ2v) is 6.80. The molecule has 1 aliphatic heterocycles. The van der Waals surface area contributed by atoms with Crippen molar-refractivity contribution in [2.75, 3.05) is 19.6 Å². The number of rotatable bonds is 5. The zero-order chi connectivity index (χ0) is 17.8. The van der Waals surface area contributed by atoms with Crippen LogP contribution in [0.3, 0.4) is 0 Å². The van der Waals surface area contributed by atoms with E-state index in [0.29, 0.717) is 31.0 Å². The molecule has 0 aromatic heterocycles. The van der Waals surface area contributed by atoms with E-state index in [2.05, 4.69) is 12.2 Å². The molecule has 3 rings (SSSR count). The monoisotopic (exact) mass is 375 g/mol. The third kappa shape index (κ3) is 4.54. The molecule has 2 aromatic rings. The van der Waals surface area contributed by atoms with Crippen LogP contribution >= 0.6 is 12.4 Å². The van der Waals surface area contributed by atoms with Crippen molar-refractivity contribution in [3.8, 4) is 0 Å². The van der Waals surface area contributed by atoms with Crippen molar-refractivity contribution in [2.45, 2.75) is 25.8 Å². The van der Waals surface area contributed by atoms with Crippen LogP contribution in [-0.4, -0.2) is 42.4 Å². The van der Waals surface area contributed by atoms with Gasteiger partial charge in [-0.1, -0.05) is 30.3 Å². The number of nitrogens with one attached hydrogen (secondary N) is 1. The standard InChI is InChI=1S/C20H25N3O2.ClH/c1-14-10-15(12-21)13-23(14)19(24)8-9-22-20(25)18-7-6-16-4-2-3-5-17(16)11-18;/h2-7,11,14-15H,8-10,12-13,21H2,1H3,(H,22,25);1H. The molecule has 1 aliphatic rings. The van der Waals surface area contributed by atoms with Crippen molar-refractivity contribution >= 4 is 35.0 Å². The number of likely N-dealkylation sites (tertiary alicyclic amines) is 1. The number of fused-ring (bicyclic) bond motifs is 1. The molecule has 2 atom stereocenters. The molecule has 26 heavy (non-hydrogen) atoms. The Morgan fingerprint density at radius 3 is 2.62 bits per heavy atom. The lowest BCUT2D eigenvalue weighted by molar-refractivity contribution is -0.131. The second-order valence-electron chi connectivity index (χ2n) is 6.80. The number of benzene rings is 2. The van der Waals surface area contributed by atoms with Crippen molar-refractivity contribution in [1.82, 2.24) is 10.2 Å². The lowest BCUT2D eigenvalue weighted by atomic mass is 10.1. The molecule has 2 amide bonds. The van der Waals surface area contributed by atoms with E-state index in [1.165, 1.54) is 0 Å². The van der Waals surface area contributed by atoms with Gasteiger partial charge >= 0.3 is 0 Å². The number of nitrogens with zero attached hydrogens (tertiary/aromatic N) is 1. The molecular formula is C20H26ClN3O2. The Morgan fingerprint density at radius 2 is 1.92 bits per heavy atom. The molecule has 0 saturated carbocycles. The predicted molar refractivity (Wildman–Crippen MR) is 106 cm³/mol. The Morgan fingerprint density at radius 1 is 1.19 bits per heavy atom. The summed E-state index contributed by atoms with van der Waals surface area (Å²) < 4.78 is 0. The lowest BCUT2D eigenvalue weighted by Crippen LogP contribution is -2.37. The highest BCUT2D eigenvalue weighted by molar-refractivity contribution is 5.98. The second kappa shape index (κ2) is 9.01. The van der Waals surface area contributed by atoms with Gasteiger partial charge in [-0.05, 0) is 48.7 Å². The fourth-order valence-corrected chi connectivity index (χ4v) is 3.52. The van der Waals surface area contributed by atoms with E-state index in [0.717, 1.165) is 23.7 Å². The van der Waals surface area contributed by atoms with Crippen LogP contribution in [-0.2, 0) is 4.79 Å². The molecule has 0 aliphatic carbocycles. The Hall–Kier alpha value is -2.11. The molecule has 1 heterocycles. The number of hydrogen-bond acceptors (Lipinski definition) is 3. The van der Waals surface area contributed by atoms with Crippen LogP contribution in [0.4, 0.5) is 0 Å². The van der Waals surface area contributed by atoms with Gasteiger partial charge < -0.3 is 16.0 Å². The average Bonchev–Trinajstić information content (AvgIpc) is 3.02. The average molecular weight is 376 g/mol. The lowest BCUT2D eigenvalue weighted by Gasteiger charge is -2.21. The summed E-state index contributed by atoms with van der Waals surface area (Å²) in [5, 5.41) is 4.98. The molecule has 2 aromatic carbocycles. The highest BCUT2D eigenvalue weighted by Crippen LogP contribution is 2.22. The van der Waals surface area contributed by atoms with Gasteiger partial charge in [-0.15, -0.1) is 12.4 Å². The molecule has 1 fully saturated rings. The first-order chi connectivity index (χ1) is 12.1. The number of hydrogen-bond donors (Lipinski definition) is 2. The molecule has 5 nitrogen and oxygen atoms in total. The van der Waals surface area contributed by atoms with Crippen LogP contribution in [0.15, 0.2) is 42.5 Å². The summed E-state index contributed by atoms with van der Waals surface area (Å²) in [5.74, 6) is 0.335. The fourth-order valence-electron chi connectivity index (χ4n) is 3.52. The van der Waals surface area contributed by atoms with E-state index in [-0.39, 0.29) is 30.3 Å². The summed E-state index contributed by atoms with van der Waals surface area (Å²) in [6, 6.07) is 13.8. The Bertz CT molecular complexity index is 780. The van der Waals surface area contributed by atoms with E-state index < -0.39 is 0 Å². The molecule has 140 valence electrons. The van der Waals surface area contributed by atoms with Gasteiger partial charge in [-0.2, -0.15) is 0 Å². The van der Waals surface area contributed by atoms with Crippen molar-refractivity contribution in [2.24, 2.45) is 11.7 Å². The van der Waals surface area contributed by atoms with Crippen LogP contribution in [0.5, 0.6) is 0 Å². The van der Waals surface area contributed by atoms with Crippen LogP contribution < -0.4 is 11.1 Å². The first kappa shape index (κ1) is 20.2. The van der Waals surface area contributed by atoms with Crippen LogP contribution in [0.1, 0.15) is 30.1 Å². The van der Waals surface area contributed by atoms with E-state index in [4.69, 9.17) is 5.73 Å². The Kier molecular flexibility index (Phi) is 7.00. The number of amides is 2. The molecule has 2 unspecified atom stereocenters. The van der Waals surface area contributed by atoms with Gasteiger partial charge in [0.1, 0.15) is 0 Å². The third-order valence-corrected chi connectivity index (χ3v) is 4.95. The van der Waals surface area contributed by atoms with Crippen molar-refractivity contribution in [3.63, 3.8) is 0 Å². The fraction of sp³-hybridized carbons (Fsp3) is 0.400. The zero-order valence-electron chi connectivity index (χ0n) is 15.0. The Labute approximate surface area is 160 Å². The minimum absolute atomic E-state index is 0. The minimum Gasteiger partial charge on any atom is -0.352 e. The van der Waals surface area contributed by atoms with E-state index in [1.807, 2.05) is 47.4 Å². The number of nitrogens with two attached hydrogens (primary N) is 1. The van der Waals surface area contributed by atoms with Gasteiger partial charge in [0, 0.05) is 31.1 Å². The SMILES string of the molecule is CC1CC(CN)CN1C(=O)CCNC(=O)c1ccc2ccccc2c1.Cl. The maximum atomic E-state index is 12.3. The van der Waals surface area contributed by atoms with E-state index >= 15 is 0 Å². The zero-order valence-corrected chi connectivity index (χ0v) is 15.8. The largest absolute Gasteiger partial charge is 0.352 e. The summed E-state index contributed by atoms with van der Waals surface area (Å²) >= 11 is 0. The summed E-state index contributed by atoms with van der Waals surface area (Å²) in [6.07, 6.45) is 1.28. The highest BCUT2D eigenvalue weighted by atomic mass is 35.5. The molecule has 0 bridgehead atoms. The summed E-state index contributed by atoms with van der Waals surface area (Å²) in [6.45, 7) is 3.75. The summed E-state index contributed by atoms with van der Waals surface area (Å²) in [5.41, 5.74) is 6.32. The van der Waals surface area contributed by atoms with E-state index in [1.54, 1.807) is 0 Å². The first-order valence-corrected chi connectivity index (χ1v) is 8.85. The third-order valence-electron chi connectivity index (χ3n) is 4.95. The van der Waals surface area contributed by atoms with Crippen LogP contribution in [0.25, 0.3) is 10.8 Å². The normalized spacial score (nSPS) is 19.2. The van der Waals surface area contributed by atoms with Crippen molar-refractivity contribution in [3.05, 3.63) is 48.0 Å². The maximum absolute atomic E-state index is 12.3. The number of halogens is 1. The van der Waals surface area contributed by atoms with Gasteiger partial charge in [0.05, 0.1) is 0 Å². The van der Waals surface area contributed by atoms with Gasteiger partial charge in [0.25, 0.3) is 5.91 Å². The van der Waals surface area contributed by atoms with Gasteiger partial charge in [0.15, 0.2) is 0 Å². The van der Waals surface area contributed by atoms with Gasteiger partial charge in [-0.3, -0.25) is 9.59 Å². The molecule has 1 saturated heterocycles. The minimum atomic E-state index is -0.146. The first-order valence-electron chi connectivity index (χ1n) is 8.85. The topological polar surface area (TPSA) is 75.4 Å². The quantitative estimate of drug-likeness (QED) is 0.843. The number of carbonyl (C=O) groups excluding carboxylic acids is 2. The van der Waals surface area contributed by atoms with Gasteiger partial charge in [-0.25, -0.2) is 0 Å². The Balaban J connectivity index is 0.00000243. The molecule has 0 radical (unpaired) electrons. The molecule has 0 spiro atoms. The smallest absolute Gasteiger partial charge is 0.251 e. The summed E-state index contributed by atoms with van der Waals surface area (Å²) in [4.78, 5) is 26.5. The molecule has 3 N–H and O–H groups in total. The molecular weight excluding hydrogens is 350 g/mol. The molecule has 6 heteroatoms. The van der Waals surface area contributed by atoms with Crippen molar-refractivity contribution < 1.29 is 9.59 Å². The summed E-state index contributed by atoms with van der Waals surface area (Å²) in [7, 11) is 0. The van der Waals surface area contributed by atoms with Crippen molar-refractivity contribution in [1.29, 1.82) is 0 Å². The van der Waals surface area contributed by atoms with E-state index in [9.17, 15) is 9.59 Å². The number of carbonyl (C=O) groups is 2. The van der Waals surface area contributed by atoms with Crippen LogP contribution in [0, 0.1) is 5.92 Å². The van der Waals surface area contributed by atoms with Crippen LogP contribution in [0.2, 0.25) is 0 Å². The predicted octanol–water partition coefficient (Wildman–Crippen LogP) is 2.58.